The average Bonchev–Trinajstić information content (AvgIpc) is 3.02. The van der Waals surface area contributed by atoms with Gasteiger partial charge in [0.25, 0.3) is 5.91 Å². The van der Waals surface area contributed by atoms with Crippen molar-refractivity contribution in [2.75, 3.05) is 13.7 Å². The van der Waals surface area contributed by atoms with Crippen LogP contribution < -0.4 is 24.4 Å². The Morgan fingerprint density at radius 3 is 2.05 bits per heavy atom. The number of allylic oxidation sites excluding steroid dienone is 1. The van der Waals surface area contributed by atoms with Gasteiger partial charge in [-0.1, -0.05) is 35.3 Å². The van der Waals surface area contributed by atoms with Crippen molar-refractivity contribution in [1.29, 1.82) is 0 Å². The second-order valence-electron chi connectivity index (χ2n) is 9.05. The largest absolute Gasteiger partial charge is 0.493 e. The number of nitrogens with one attached hydrogen (secondary N) is 1. The van der Waals surface area contributed by atoms with E-state index in [1.807, 2.05) is 6.07 Å². The molecule has 0 atom stereocenters. The summed E-state index contributed by atoms with van der Waals surface area (Å²) in [6.45, 7) is 3.38. The number of ether oxygens (including phenoxy) is 4. The van der Waals surface area contributed by atoms with Gasteiger partial charge in [0.15, 0.2) is 18.1 Å². The number of esters is 2. The zero-order valence-corrected chi connectivity index (χ0v) is 24.9. The van der Waals surface area contributed by atoms with Crippen LogP contribution in [0, 0.1) is 0 Å². The zero-order valence-electron chi connectivity index (χ0n) is 23.4. The molecule has 0 aliphatic rings. The summed E-state index contributed by atoms with van der Waals surface area (Å²) in [5, 5.41) is 4.88. The van der Waals surface area contributed by atoms with Gasteiger partial charge < -0.3 is 18.9 Å². The van der Waals surface area contributed by atoms with Gasteiger partial charge in [-0.25, -0.2) is 15.0 Å². The molecule has 224 valence electrons. The molecule has 0 heterocycles. The second kappa shape index (κ2) is 15.4. The van der Waals surface area contributed by atoms with Crippen molar-refractivity contribution >= 4 is 47.3 Å². The molecule has 0 radical (unpaired) electrons. The van der Waals surface area contributed by atoms with Crippen LogP contribution in [-0.2, 0) is 11.2 Å². The van der Waals surface area contributed by atoms with Crippen LogP contribution in [0.2, 0.25) is 10.0 Å². The van der Waals surface area contributed by atoms with E-state index in [1.165, 1.54) is 55.8 Å². The Morgan fingerprint density at radius 2 is 1.43 bits per heavy atom. The fourth-order valence-electron chi connectivity index (χ4n) is 3.74. The van der Waals surface area contributed by atoms with Crippen molar-refractivity contribution in [2.24, 2.45) is 5.10 Å². The lowest BCUT2D eigenvalue weighted by Gasteiger charge is -2.11. The summed E-state index contributed by atoms with van der Waals surface area (Å²) < 4.78 is 22.0. The Morgan fingerprint density at radius 1 is 0.795 bits per heavy atom. The van der Waals surface area contributed by atoms with E-state index < -0.39 is 17.8 Å². The molecular formula is C33H26Cl2N2O7. The number of carbonyl (C=O) groups is 3. The van der Waals surface area contributed by atoms with E-state index in [4.69, 9.17) is 42.1 Å². The van der Waals surface area contributed by atoms with Gasteiger partial charge in [-0.05, 0) is 84.8 Å². The average molecular weight is 633 g/mol. The fourth-order valence-corrected chi connectivity index (χ4v) is 4.00. The second-order valence-corrected chi connectivity index (χ2v) is 9.93. The molecule has 0 saturated heterocycles. The number of carbonyl (C=O) groups excluding carboxylic acids is 3. The summed E-state index contributed by atoms with van der Waals surface area (Å²) in [4.78, 5) is 37.9. The van der Waals surface area contributed by atoms with Crippen LogP contribution in [0.4, 0.5) is 0 Å². The highest BCUT2D eigenvalue weighted by Crippen LogP contribution is 2.29. The first-order valence-corrected chi connectivity index (χ1v) is 13.8. The normalized spacial score (nSPS) is 10.6. The molecular weight excluding hydrogens is 607 g/mol. The predicted octanol–water partition coefficient (Wildman–Crippen LogP) is 6.70. The van der Waals surface area contributed by atoms with Gasteiger partial charge >= 0.3 is 11.9 Å². The molecule has 9 nitrogen and oxygen atoms in total. The summed E-state index contributed by atoms with van der Waals surface area (Å²) in [6, 6.07) is 22.0. The Kier molecular flexibility index (Phi) is 11.1. The first-order chi connectivity index (χ1) is 21.2. The summed E-state index contributed by atoms with van der Waals surface area (Å²) in [6.07, 6.45) is 3.71. The Labute approximate surface area is 263 Å². The lowest BCUT2D eigenvalue weighted by Crippen LogP contribution is -2.24. The van der Waals surface area contributed by atoms with Crippen molar-refractivity contribution in [1.82, 2.24) is 5.43 Å². The summed E-state index contributed by atoms with van der Waals surface area (Å²) in [5.41, 5.74) is 4.16. The molecule has 4 aromatic rings. The van der Waals surface area contributed by atoms with Crippen LogP contribution in [-0.4, -0.2) is 37.8 Å². The standard InChI is InChI=1S/C33H26Cl2N2O7/c1-3-4-21-5-16-28(30(17-21)41-2)42-20-31(38)37-36-19-24-10-15-27(43-32(39)22-6-11-25(34)12-7-22)18-29(24)44-33(40)23-8-13-26(35)14-9-23/h3,5-19H,1,4,20H2,2H3,(H,37,38)/b36-19-. The van der Waals surface area contributed by atoms with Crippen LogP contribution in [0.3, 0.4) is 0 Å². The molecule has 0 aliphatic heterocycles. The number of halogens is 2. The quantitative estimate of drug-likeness (QED) is 0.0608. The Balaban J connectivity index is 1.47. The number of hydrogen-bond acceptors (Lipinski definition) is 8. The van der Waals surface area contributed by atoms with Crippen LogP contribution >= 0.6 is 23.2 Å². The molecule has 4 aromatic carbocycles. The highest BCUT2D eigenvalue weighted by Gasteiger charge is 2.15. The van der Waals surface area contributed by atoms with Crippen molar-refractivity contribution in [2.45, 2.75) is 6.42 Å². The molecule has 0 unspecified atom stereocenters. The molecule has 0 aliphatic carbocycles. The molecule has 0 bridgehead atoms. The number of methoxy groups -OCH3 is 1. The molecule has 1 amide bonds. The molecule has 1 N–H and O–H groups in total. The molecule has 0 fully saturated rings. The van der Waals surface area contributed by atoms with Gasteiger partial charge in [0.2, 0.25) is 0 Å². The van der Waals surface area contributed by atoms with Crippen LogP contribution in [0.25, 0.3) is 0 Å². The van der Waals surface area contributed by atoms with E-state index in [0.29, 0.717) is 33.5 Å². The summed E-state index contributed by atoms with van der Waals surface area (Å²) in [5.74, 6) is -0.896. The number of rotatable bonds is 12. The van der Waals surface area contributed by atoms with Crippen LogP contribution in [0.15, 0.2) is 103 Å². The molecule has 0 saturated carbocycles. The van der Waals surface area contributed by atoms with E-state index >= 15 is 0 Å². The first kappa shape index (κ1) is 31.8. The predicted molar refractivity (Wildman–Crippen MR) is 167 cm³/mol. The SMILES string of the molecule is C=CCc1ccc(OCC(=O)N/N=C\c2ccc(OC(=O)c3ccc(Cl)cc3)cc2OC(=O)c2ccc(Cl)cc2)c(OC)c1. The number of benzene rings is 4. The van der Waals surface area contributed by atoms with Crippen LogP contribution in [0.5, 0.6) is 23.0 Å². The zero-order chi connectivity index (χ0) is 31.5. The molecule has 4 rings (SSSR count). The van der Waals surface area contributed by atoms with Gasteiger partial charge in [0, 0.05) is 21.7 Å². The molecule has 44 heavy (non-hydrogen) atoms. The molecule has 11 heteroatoms. The van der Waals surface area contributed by atoms with E-state index in [1.54, 1.807) is 42.5 Å². The van der Waals surface area contributed by atoms with Gasteiger partial charge in [-0.2, -0.15) is 5.10 Å². The number of hydrogen-bond donors (Lipinski definition) is 1. The number of hydrazone groups is 1. The smallest absolute Gasteiger partial charge is 0.343 e. The summed E-state index contributed by atoms with van der Waals surface area (Å²) >= 11 is 11.8. The molecule has 0 aromatic heterocycles. The minimum absolute atomic E-state index is 0.0185. The number of nitrogens with zero attached hydrogens (tertiary/aromatic N) is 1. The third kappa shape index (κ3) is 8.94. The maximum atomic E-state index is 12.8. The maximum absolute atomic E-state index is 12.8. The van der Waals surface area contributed by atoms with E-state index in [2.05, 4.69) is 17.1 Å². The monoisotopic (exact) mass is 632 g/mol. The van der Waals surface area contributed by atoms with Gasteiger partial charge in [-0.15, -0.1) is 6.58 Å². The minimum Gasteiger partial charge on any atom is -0.493 e. The third-order valence-electron chi connectivity index (χ3n) is 5.92. The van der Waals surface area contributed by atoms with E-state index in [0.717, 1.165) is 5.56 Å². The highest BCUT2D eigenvalue weighted by atomic mass is 35.5. The van der Waals surface area contributed by atoms with E-state index in [-0.39, 0.29) is 29.2 Å². The van der Waals surface area contributed by atoms with Gasteiger partial charge in [-0.3, -0.25) is 4.79 Å². The van der Waals surface area contributed by atoms with Gasteiger partial charge in [0.05, 0.1) is 24.5 Å². The fraction of sp³-hybridized carbons (Fsp3) is 0.0909. The lowest BCUT2D eigenvalue weighted by molar-refractivity contribution is -0.123. The van der Waals surface area contributed by atoms with Crippen LogP contribution in [0.1, 0.15) is 31.8 Å². The third-order valence-corrected chi connectivity index (χ3v) is 6.42. The highest BCUT2D eigenvalue weighted by molar-refractivity contribution is 6.31. The lowest BCUT2D eigenvalue weighted by atomic mass is 10.1. The molecule has 0 spiro atoms. The van der Waals surface area contributed by atoms with Crippen molar-refractivity contribution in [3.05, 3.63) is 130 Å². The number of amides is 1. The topological polar surface area (TPSA) is 113 Å². The first-order valence-electron chi connectivity index (χ1n) is 13.1. The van der Waals surface area contributed by atoms with Gasteiger partial charge in [0.1, 0.15) is 11.5 Å². The van der Waals surface area contributed by atoms with Crippen molar-refractivity contribution < 1.29 is 33.3 Å². The summed E-state index contributed by atoms with van der Waals surface area (Å²) in [7, 11) is 1.51. The Bertz CT molecular complexity index is 1690. The van der Waals surface area contributed by atoms with Crippen molar-refractivity contribution in [3.8, 4) is 23.0 Å². The minimum atomic E-state index is -0.692. The maximum Gasteiger partial charge on any atom is 0.343 e. The van der Waals surface area contributed by atoms with E-state index in [9.17, 15) is 14.4 Å². The van der Waals surface area contributed by atoms with Crippen molar-refractivity contribution in [3.63, 3.8) is 0 Å². The Hall–Kier alpha value is -5.12.